The first kappa shape index (κ1) is 15.1. The molecule has 2 aromatic carbocycles. The quantitative estimate of drug-likeness (QED) is 0.618. The lowest BCUT2D eigenvalue weighted by molar-refractivity contribution is -0.134. The zero-order valence-electron chi connectivity index (χ0n) is 12.7. The normalized spacial score (nSPS) is 10.2. The van der Waals surface area contributed by atoms with Crippen molar-refractivity contribution in [3.05, 3.63) is 59.2 Å². The van der Waals surface area contributed by atoms with E-state index < -0.39 is 0 Å². The molecule has 3 nitrogen and oxygen atoms in total. The van der Waals surface area contributed by atoms with E-state index in [2.05, 4.69) is 0 Å². The van der Waals surface area contributed by atoms with E-state index in [0.717, 1.165) is 22.4 Å². The van der Waals surface area contributed by atoms with E-state index >= 15 is 0 Å². The van der Waals surface area contributed by atoms with E-state index in [1.54, 1.807) is 7.11 Å². The van der Waals surface area contributed by atoms with Crippen LogP contribution in [0.3, 0.4) is 0 Å². The molecule has 0 bridgehead atoms. The lowest BCUT2D eigenvalue weighted by Gasteiger charge is -2.09. The molecule has 2 rings (SSSR count). The molecule has 3 heteroatoms. The van der Waals surface area contributed by atoms with E-state index in [-0.39, 0.29) is 5.97 Å². The largest absolute Gasteiger partial charge is 0.497 e. The molecule has 0 atom stereocenters. The SMILES string of the molecule is COc1cccc(CCC(=O)Oc2cccc(C)c2C)c1. The van der Waals surface area contributed by atoms with Gasteiger partial charge >= 0.3 is 5.97 Å². The van der Waals surface area contributed by atoms with Crippen LogP contribution in [-0.4, -0.2) is 13.1 Å². The van der Waals surface area contributed by atoms with E-state index in [4.69, 9.17) is 9.47 Å². The number of aryl methyl sites for hydroxylation is 2. The Bertz CT molecular complexity index is 632. The van der Waals surface area contributed by atoms with Crippen LogP contribution in [0.5, 0.6) is 11.5 Å². The minimum Gasteiger partial charge on any atom is -0.497 e. The number of hydrogen-bond acceptors (Lipinski definition) is 3. The molecule has 0 saturated heterocycles. The maximum absolute atomic E-state index is 12.0. The highest BCUT2D eigenvalue weighted by Gasteiger charge is 2.09. The third-order valence-electron chi connectivity index (χ3n) is 3.53. The number of carbonyl (C=O) groups is 1. The first-order valence-corrected chi connectivity index (χ1v) is 7.00. The Morgan fingerprint density at radius 3 is 2.62 bits per heavy atom. The van der Waals surface area contributed by atoms with Gasteiger partial charge in [-0.3, -0.25) is 4.79 Å². The second-order valence-corrected chi connectivity index (χ2v) is 5.02. The van der Waals surface area contributed by atoms with Gasteiger partial charge in [0.1, 0.15) is 11.5 Å². The van der Waals surface area contributed by atoms with Crippen LogP contribution in [0.25, 0.3) is 0 Å². The molecular weight excluding hydrogens is 264 g/mol. The molecule has 110 valence electrons. The number of benzene rings is 2. The predicted octanol–water partition coefficient (Wildman–Crippen LogP) is 3.85. The maximum Gasteiger partial charge on any atom is 0.311 e. The molecule has 0 aliphatic heterocycles. The number of methoxy groups -OCH3 is 1. The Morgan fingerprint density at radius 1 is 1.10 bits per heavy atom. The average Bonchev–Trinajstić information content (AvgIpc) is 2.50. The van der Waals surface area contributed by atoms with Crippen molar-refractivity contribution in [2.75, 3.05) is 7.11 Å². The average molecular weight is 284 g/mol. The highest BCUT2D eigenvalue weighted by atomic mass is 16.5. The molecule has 0 radical (unpaired) electrons. The number of carbonyl (C=O) groups excluding carboxylic acids is 1. The molecule has 0 saturated carbocycles. The molecule has 0 aliphatic rings. The van der Waals surface area contributed by atoms with Gasteiger partial charge in [-0.15, -0.1) is 0 Å². The minimum absolute atomic E-state index is 0.216. The second-order valence-electron chi connectivity index (χ2n) is 5.02. The summed E-state index contributed by atoms with van der Waals surface area (Å²) in [6.45, 7) is 3.96. The van der Waals surface area contributed by atoms with Gasteiger partial charge in [0.25, 0.3) is 0 Å². The zero-order chi connectivity index (χ0) is 15.2. The summed E-state index contributed by atoms with van der Waals surface area (Å²) in [5, 5.41) is 0. The molecular formula is C18H20O3. The number of hydrogen-bond donors (Lipinski definition) is 0. The monoisotopic (exact) mass is 284 g/mol. The van der Waals surface area contributed by atoms with Gasteiger partial charge in [0.2, 0.25) is 0 Å². The Kier molecular flexibility index (Phi) is 4.99. The van der Waals surface area contributed by atoms with Crippen molar-refractivity contribution in [3.63, 3.8) is 0 Å². The fourth-order valence-corrected chi connectivity index (χ4v) is 2.08. The topological polar surface area (TPSA) is 35.5 Å². The van der Waals surface area contributed by atoms with Gasteiger partial charge in [0.05, 0.1) is 7.11 Å². The number of ether oxygens (including phenoxy) is 2. The van der Waals surface area contributed by atoms with Gasteiger partial charge in [0.15, 0.2) is 0 Å². The van der Waals surface area contributed by atoms with Gasteiger partial charge in [-0.1, -0.05) is 24.3 Å². The summed E-state index contributed by atoms with van der Waals surface area (Å²) in [5.41, 5.74) is 3.19. The highest BCUT2D eigenvalue weighted by Crippen LogP contribution is 2.21. The molecule has 0 heterocycles. The molecule has 0 N–H and O–H groups in total. The smallest absolute Gasteiger partial charge is 0.311 e. The summed E-state index contributed by atoms with van der Waals surface area (Å²) in [6.07, 6.45) is 0.988. The van der Waals surface area contributed by atoms with Crippen LogP contribution in [0.2, 0.25) is 0 Å². The first-order chi connectivity index (χ1) is 10.1. The molecule has 2 aromatic rings. The van der Waals surface area contributed by atoms with Crippen LogP contribution >= 0.6 is 0 Å². The van der Waals surface area contributed by atoms with E-state index in [1.165, 1.54) is 0 Å². The third kappa shape index (κ3) is 4.09. The summed E-state index contributed by atoms with van der Waals surface area (Å²) in [5.74, 6) is 1.23. The second kappa shape index (κ2) is 6.93. The van der Waals surface area contributed by atoms with E-state index in [1.807, 2.05) is 56.3 Å². The van der Waals surface area contributed by atoms with Gasteiger partial charge < -0.3 is 9.47 Å². The van der Waals surface area contributed by atoms with Crippen molar-refractivity contribution in [2.45, 2.75) is 26.7 Å². The van der Waals surface area contributed by atoms with Gasteiger partial charge in [-0.2, -0.15) is 0 Å². The summed E-state index contributed by atoms with van der Waals surface area (Å²) >= 11 is 0. The third-order valence-corrected chi connectivity index (χ3v) is 3.53. The molecule has 21 heavy (non-hydrogen) atoms. The van der Waals surface area contributed by atoms with Crippen molar-refractivity contribution < 1.29 is 14.3 Å². The van der Waals surface area contributed by atoms with E-state index in [0.29, 0.717) is 18.6 Å². The molecule has 0 unspecified atom stereocenters. The fourth-order valence-electron chi connectivity index (χ4n) is 2.08. The lowest BCUT2D eigenvalue weighted by Crippen LogP contribution is -2.10. The number of rotatable bonds is 5. The Hall–Kier alpha value is -2.29. The van der Waals surface area contributed by atoms with Crippen LogP contribution in [0, 0.1) is 13.8 Å². The molecule has 0 aliphatic carbocycles. The summed E-state index contributed by atoms with van der Waals surface area (Å²) < 4.78 is 10.6. The van der Waals surface area contributed by atoms with E-state index in [9.17, 15) is 4.79 Å². The van der Waals surface area contributed by atoms with Crippen molar-refractivity contribution in [1.29, 1.82) is 0 Å². The Morgan fingerprint density at radius 2 is 1.86 bits per heavy atom. The Labute approximate surface area is 125 Å². The standard InChI is InChI=1S/C18H20O3/c1-13-6-4-9-17(14(13)2)21-18(19)11-10-15-7-5-8-16(12-15)20-3/h4-9,12H,10-11H2,1-3H3. The fraction of sp³-hybridized carbons (Fsp3) is 0.278. The lowest BCUT2D eigenvalue weighted by atomic mass is 10.1. The molecule has 0 fully saturated rings. The van der Waals surface area contributed by atoms with Crippen LogP contribution in [-0.2, 0) is 11.2 Å². The van der Waals surface area contributed by atoms with Crippen molar-refractivity contribution in [2.24, 2.45) is 0 Å². The van der Waals surface area contributed by atoms with Gasteiger partial charge in [-0.25, -0.2) is 0 Å². The van der Waals surface area contributed by atoms with Crippen molar-refractivity contribution in [1.82, 2.24) is 0 Å². The summed E-state index contributed by atoms with van der Waals surface area (Å²) in [4.78, 5) is 12.0. The van der Waals surface area contributed by atoms with Crippen LogP contribution < -0.4 is 9.47 Å². The van der Waals surface area contributed by atoms with Crippen molar-refractivity contribution in [3.8, 4) is 11.5 Å². The molecule has 0 spiro atoms. The minimum atomic E-state index is -0.216. The number of esters is 1. The first-order valence-electron chi connectivity index (χ1n) is 7.00. The molecule has 0 amide bonds. The van der Waals surface area contributed by atoms with Crippen LogP contribution in [0.1, 0.15) is 23.1 Å². The van der Waals surface area contributed by atoms with Crippen molar-refractivity contribution >= 4 is 5.97 Å². The highest BCUT2D eigenvalue weighted by molar-refractivity contribution is 5.73. The summed E-state index contributed by atoms with van der Waals surface area (Å²) in [7, 11) is 1.63. The summed E-state index contributed by atoms with van der Waals surface area (Å²) in [6, 6.07) is 13.4. The van der Waals surface area contributed by atoms with Crippen LogP contribution in [0.4, 0.5) is 0 Å². The molecule has 0 aromatic heterocycles. The van der Waals surface area contributed by atoms with Crippen LogP contribution in [0.15, 0.2) is 42.5 Å². The Balaban J connectivity index is 1.94. The van der Waals surface area contributed by atoms with Gasteiger partial charge in [0, 0.05) is 6.42 Å². The zero-order valence-corrected chi connectivity index (χ0v) is 12.7. The maximum atomic E-state index is 12.0. The predicted molar refractivity (Wildman–Crippen MR) is 82.9 cm³/mol. The van der Waals surface area contributed by atoms with Gasteiger partial charge in [-0.05, 0) is 55.2 Å².